The van der Waals surface area contributed by atoms with Crippen LogP contribution in [0.5, 0.6) is 0 Å². The molecule has 3 nitrogen and oxygen atoms in total. The molecule has 1 aromatic rings. The molecule has 0 spiro atoms. The second-order valence-corrected chi connectivity index (χ2v) is 6.70. The minimum Gasteiger partial charge on any atom is -0.395 e. The van der Waals surface area contributed by atoms with Crippen LogP contribution in [-0.4, -0.2) is 35.1 Å². The molecule has 0 amide bonds. The number of hydrogen-bond acceptors (Lipinski definition) is 3. The van der Waals surface area contributed by atoms with Gasteiger partial charge < -0.3 is 14.9 Å². The van der Waals surface area contributed by atoms with E-state index in [1.807, 2.05) is 31.2 Å². The average molecular weight is 278 g/mol. The number of rotatable bonds is 5. The number of benzene rings is 1. The molecule has 1 atom stereocenters. The average Bonchev–Trinajstić information content (AvgIpc) is 2.76. The maximum Gasteiger partial charge on any atom is 0.0631 e. The van der Waals surface area contributed by atoms with Gasteiger partial charge in [0.05, 0.1) is 24.9 Å². The summed E-state index contributed by atoms with van der Waals surface area (Å²) in [7, 11) is 0. The highest BCUT2D eigenvalue weighted by molar-refractivity contribution is 5.29. The van der Waals surface area contributed by atoms with Gasteiger partial charge in [0.25, 0.3) is 0 Å². The minimum atomic E-state index is -0.612. The number of hydrogen-bond donors (Lipinski definition) is 2. The van der Waals surface area contributed by atoms with Crippen molar-refractivity contribution in [3.05, 3.63) is 35.4 Å². The van der Waals surface area contributed by atoms with Crippen LogP contribution in [0.1, 0.15) is 44.2 Å². The highest BCUT2D eigenvalue weighted by Crippen LogP contribution is 2.37. The van der Waals surface area contributed by atoms with E-state index in [0.29, 0.717) is 6.42 Å². The fourth-order valence-corrected chi connectivity index (χ4v) is 3.04. The highest BCUT2D eigenvalue weighted by Gasteiger charge is 2.39. The lowest BCUT2D eigenvalue weighted by Gasteiger charge is -2.33. The molecular weight excluding hydrogens is 252 g/mol. The summed E-state index contributed by atoms with van der Waals surface area (Å²) in [5.41, 5.74) is 1.46. The topological polar surface area (TPSA) is 49.7 Å². The number of aryl methyl sites for hydroxylation is 1. The Morgan fingerprint density at radius 2 is 1.80 bits per heavy atom. The second-order valence-electron chi connectivity index (χ2n) is 6.70. The van der Waals surface area contributed by atoms with Crippen molar-refractivity contribution in [2.24, 2.45) is 0 Å². The van der Waals surface area contributed by atoms with Crippen molar-refractivity contribution in [3.8, 4) is 0 Å². The molecule has 0 saturated carbocycles. The van der Waals surface area contributed by atoms with E-state index in [1.54, 1.807) is 0 Å². The normalized spacial score (nSPS) is 22.1. The zero-order valence-electron chi connectivity index (χ0n) is 12.7. The molecule has 20 heavy (non-hydrogen) atoms. The molecule has 1 fully saturated rings. The summed E-state index contributed by atoms with van der Waals surface area (Å²) in [4.78, 5) is 0. The first-order chi connectivity index (χ1) is 9.41. The molecular formula is C17H26O3. The molecule has 0 aromatic heterocycles. The number of aliphatic hydroxyl groups excluding tert-OH is 2. The van der Waals surface area contributed by atoms with Gasteiger partial charge in [-0.25, -0.2) is 0 Å². The third-order valence-electron chi connectivity index (χ3n) is 4.44. The monoisotopic (exact) mass is 278 g/mol. The summed E-state index contributed by atoms with van der Waals surface area (Å²) >= 11 is 0. The summed E-state index contributed by atoms with van der Waals surface area (Å²) < 4.78 is 6.03. The molecule has 0 bridgehead atoms. The fourth-order valence-electron chi connectivity index (χ4n) is 3.04. The van der Waals surface area contributed by atoms with Crippen LogP contribution in [0, 0.1) is 6.92 Å². The molecule has 1 aliphatic rings. The van der Waals surface area contributed by atoms with Crippen molar-refractivity contribution in [1.29, 1.82) is 0 Å². The summed E-state index contributed by atoms with van der Waals surface area (Å²) in [5.74, 6) is 0. The van der Waals surface area contributed by atoms with Gasteiger partial charge in [-0.05, 0) is 45.6 Å². The van der Waals surface area contributed by atoms with Gasteiger partial charge in [-0.15, -0.1) is 0 Å². The largest absolute Gasteiger partial charge is 0.395 e. The molecule has 1 saturated heterocycles. The van der Waals surface area contributed by atoms with E-state index in [9.17, 15) is 10.2 Å². The molecule has 1 aromatic carbocycles. The standard InChI is InChI=1S/C17H26O3/c1-13-4-6-14(7-5-13)17(11-18,12-19)10-15-8-9-16(2,3)20-15/h4-7,15,18-19H,8-12H2,1-3H3. The Balaban J connectivity index is 2.19. The maximum atomic E-state index is 9.87. The summed E-state index contributed by atoms with van der Waals surface area (Å²) in [6, 6.07) is 8.05. The second kappa shape index (κ2) is 5.84. The van der Waals surface area contributed by atoms with Gasteiger partial charge in [0.2, 0.25) is 0 Å². The zero-order valence-corrected chi connectivity index (χ0v) is 12.7. The van der Waals surface area contributed by atoms with E-state index < -0.39 is 5.41 Å². The lowest BCUT2D eigenvalue weighted by Crippen LogP contribution is -2.39. The molecule has 112 valence electrons. The fraction of sp³-hybridized carbons (Fsp3) is 0.647. The van der Waals surface area contributed by atoms with Crippen LogP contribution in [0.3, 0.4) is 0 Å². The van der Waals surface area contributed by atoms with Gasteiger partial charge in [0.1, 0.15) is 0 Å². The first kappa shape index (κ1) is 15.5. The van der Waals surface area contributed by atoms with E-state index in [0.717, 1.165) is 18.4 Å². The van der Waals surface area contributed by atoms with Crippen LogP contribution >= 0.6 is 0 Å². The summed E-state index contributed by atoms with van der Waals surface area (Å²) in [5, 5.41) is 19.7. The number of aliphatic hydroxyl groups is 2. The predicted molar refractivity (Wildman–Crippen MR) is 79.8 cm³/mol. The highest BCUT2D eigenvalue weighted by atomic mass is 16.5. The molecule has 1 unspecified atom stereocenters. The maximum absolute atomic E-state index is 9.87. The molecule has 2 N–H and O–H groups in total. The van der Waals surface area contributed by atoms with Gasteiger partial charge in [-0.1, -0.05) is 29.8 Å². The van der Waals surface area contributed by atoms with E-state index in [1.165, 1.54) is 5.56 Å². The van der Waals surface area contributed by atoms with Crippen LogP contribution in [-0.2, 0) is 10.2 Å². The molecule has 0 radical (unpaired) electrons. The minimum absolute atomic E-state index is 0.0626. The summed E-state index contributed by atoms with van der Waals surface area (Å²) in [6.45, 7) is 6.10. The lowest BCUT2D eigenvalue weighted by molar-refractivity contribution is -0.0381. The van der Waals surface area contributed by atoms with Crippen molar-refractivity contribution in [2.75, 3.05) is 13.2 Å². The lowest BCUT2D eigenvalue weighted by atomic mass is 9.76. The molecule has 1 aliphatic heterocycles. The van der Waals surface area contributed by atoms with E-state index in [2.05, 4.69) is 13.8 Å². The molecule has 3 heteroatoms. The molecule has 1 heterocycles. The van der Waals surface area contributed by atoms with Crippen molar-refractivity contribution in [2.45, 2.75) is 57.2 Å². The Hall–Kier alpha value is -0.900. The smallest absolute Gasteiger partial charge is 0.0631 e. The SMILES string of the molecule is Cc1ccc(C(CO)(CO)CC2CCC(C)(C)O2)cc1. The first-order valence-electron chi connectivity index (χ1n) is 7.37. The van der Waals surface area contributed by atoms with Crippen molar-refractivity contribution in [3.63, 3.8) is 0 Å². The van der Waals surface area contributed by atoms with E-state index in [-0.39, 0.29) is 24.9 Å². The van der Waals surface area contributed by atoms with Crippen LogP contribution in [0.2, 0.25) is 0 Å². The number of ether oxygens (including phenoxy) is 1. The quantitative estimate of drug-likeness (QED) is 0.870. The van der Waals surface area contributed by atoms with Crippen LogP contribution in [0.4, 0.5) is 0 Å². The van der Waals surface area contributed by atoms with Crippen LogP contribution < -0.4 is 0 Å². The Labute approximate surface area is 121 Å². The van der Waals surface area contributed by atoms with Gasteiger partial charge in [-0.2, -0.15) is 0 Å². The van der Waals surface area contributed by atoms with E-state index >= 15 is 0 Å². The Bertz CT molecular complexity index is 432. The Morgan fingerprint density at radius 3 is 2.25 bits per heavy atom. The van der Waals surface area contributed by atoms with Gasteiger partial charge in [0, 0.05) is 5.41 Å². The van der Waals surface area contributed by atoms with Crippen LogP contribution in [0.15, 0.2) is 24.3 Å². The first-order valence-corrected chi connectivity index (χ1v) is 7.37. The van der Waals surface area contributed by atoms with Crippen LogP contribution in [0.25, 0.3) is 0 Å². The third kappa shape index (κ3) is 3.22. The van der Waals surface area contributed by atoms with E-state index in [4.69, 9.17) is 4.74 Å². The Morgan fingerprint density at radius 1 is 1.20 bits per heavy atom. The zero-order chi connectivity index (χ0) is 14.8. The summed E-state index contributed by atoms with van der Waals surface area (Å²) in [6.07, 6.45) is 2.77. The third-order valence-corrected chi connectivity index (χ3v) is 4.44. The molecule has 0 aliphatic carbocycles. The molecule has 2 rings (SSSR count). The predicted octanol–water partition coefficient (Wildman–Crippen LogP) is 2.57. The van der Waals surface area contributed by atoms with Crippen molar-refractivity contribution >= 4 is 0 Å². The van der Waals surface area contributed by atoms with Gasteiger partial charge in [-0.3, -0.25) is 0 Å². The van der Waals surface area contributed by atoms with Crippen molar-refractivity contribution < 1.29 is 14.9 Å². The van der Waals surface area contributed by atoms with Gasteiger partial charge >= 0.3 is 0 Å². The van der Waals surface area contributed by atoms with Gasteiger partial charge in [0.15, 0.2) is 0 Å². The van der Waals surface area contributed by atoms with Crippen molar-refractivity contribution in [1.82, 2.24) is 0 Å². The Kier molecular flexibility index (Phi) is 4.52.